The fourth-order valence-corrected chi connectivity index (χ4v) is 3.37. The van der Waals surface area contributed by atoms with Crippen LogP contribution in [0.3, 0.4) is 0 Å². The number of halogens is 1. The quantitative estimate of drug-likeness (QED) is 0.644. The lowest BCUT2D eigenvalue weighted by Crippen LogP contribution is -2.21. The van der Waals surface area contributed by atoms with Crippen LogP contribution >= 0.6 is 0 Å². The van der Waals surface area contributed by atoms with Crippen LogP contribution in [-0.2, 0) is 4.79 Å². The summed E-state index contributed by atoms with van der Waals surface area (Å²) in [6.07, 6.45) is 5.21. The molecule has 0 radical (unpaired) electrons. The van der Waals surface area contributed by atoms with Gasteiger partial charge >= 0.3 is 0 Å². The minimum absolute atomic E-state index is 0.228. The van der Waals surface area contributed by atoms with Crippen LogP contribution in [0, 0.1) is 5.82 Å². The van der Waals surface area contributed by atoms with Gasteiger partial charge in [0.15, 0.2) is 11.5 Å². The number of hydrogen-bond acceptors (Lipinski definition) is 4. The van der Waals surface area contributed by atoms with E-state index in [1.165, 1.54) is 12.1 Å². The summed E-state index contributed by atoms with van der Waals surface area (Å²) in [6.45, 7) is 6.61. The van der Waals surface area contributed by atoms with Gasteiger partial charge in [-0.15, -0.1) is 0 Å². The van der Waals surface area contributed by atoms with Crippen LogP contribution < -0.4 is 19.7 Å². The first kappa shape index (κ1) is 20.7. The summed E-state index contributed by atoms with van der Waals surface area (Å²) in [6, 6.07) is 10.3. The van der Waals surface area contributed by atoms with Gasteiger partial charge in [-0.05, 0) is 62.6 Å². The zero-order chi connectivity index (χ0) is 20.6. The molecule has 1 N–H and O–H groups in total. The number of amides is 1. The van der Waals surface area contributed by atoms with Crippen LogP contribution in [0.5, 0.6) is 11.5 Å². The second-order valence-corrected chi connectivity index (χ2v) is 6.72. The van der Waals surface area contributed by atoms with Crippen molar-refractivity contribution in [2.75, 3.05) is 36.5 Å². The minimum atomic E-state index is -0.434. The van der Waals surface area contributed by atoms with Crippen LogP contribution in [0.2, 0.25) is 0 Å². The summed E-state index contributed by atoms with van der Waals surface area (Å²) >= 11 is 0. The molecule has 1 aliphatic heterocycles. The third-order valence-corrected chi connectivity index (χ3v) is 4.68. The van der Waals surface area contributed by atoms with Crippen molar-refractivity contribution in [2.45, 2.75) is 26.7 Å². The van der Waals surface area contributed by atoms with Crippen molar-refractivity contribution in [2.24, 2.45) is 0 Å². The van der Waals surface area contributed by atoms with Gasteiger partial charge in [0, 0.05) is 19.2 Å². The molecule has 2 aromatic rings. The molecule has 0 bridgehead atoms. The number of para-hydroxylation sites is 1. The number of nitrogens with zero attached hydrogens (tertiary/aromatic N) is 1. The van der Waals surface area contributed by atoms with E-state index in [0.717, 1.165) is 37.2 Å². The van der Waals surface area contributed by atoms with Gasteiger partial charge in [-0.2, -0.15) is 0 Å². The van der Waals surface area contributed by atoms with E-state index in [9.17, 15) is 9.18 Å². The molecular formula is C23H27FN2O3. The summed E-state index contributed by atoms with van der Waals surface area (Å²) < 4.78 is 25.5. The number of rotatable bonds is 8. The molecule has 0 aliphatic carbocycles. The van der Waals surface area contributed by atoms with E-state index in [-0.39, 0.29) is 11.6 Å². The average molecular weight is 398 g/mol. The number of nitrogens with one attached hydrogen (secondary N) is 1. The lowest BCUT2D eigenvalue weighted by molar-refractivity contribution is -0.111. The van der Waals surface area contributed by atoms with Gasteiger partial charge in [0.05, 0.1) is 18.9 Å². The number of carbonyl (C=O) groups excluding carboxylic acids is 1. The number of ether oxygens (including phenoxy) is 2. The van der Waals surface area contributed by atoms with E-state index >= 15 is 0 Å². The second-order valence-electron chi connectivity index (χ2n) is 6.72. The van der Waals surface area contributed by atoms with Crippen molar-refractivity contribution in [3.8, 4) is 11.5 Å². The molecule has 1 fully saturated rings. The molecule has 1 saturated heterocycles. The molecule has 6 heteroatoms. The van der Waals surface area contributed by atoms with Gasteiger partial charge in [-0.25, -0.2) is 4.39 Å². The van der Waals surface area contributed by atoms with Crippen molar-refractivity contribution < 1.29 is 18.7 Å². The highest BCUT2D eigenvalue weighted by Crippen LogP contribution is 2.32. The fourth-order valence-electron chi connectivity index (χ4n) is 3.37. The first-order valence-electron chi connectivity index (χ1n) is 10.0. The largest absolute Gasteiger partial charge is 0.490 e. The third-order valence-electron chi connectivity index (χ3n) is 4.68. The highest BCUT2D eigenvalue weighted by atomic mass is 19.1. The first-order valence-corrected chi connectivity index (χ1v) is 10.0. The average Bonchev–Trinajstić information content (AvgIpc) is 3.24. The molecule has 3 rings (SSSR count). The number of benzene rings is 2. The van der Waals surface area contributed by atoms with Gasteiger partial charge in [0.25, 0.3) is 0 Å². The fraction of sp³-hybridized carbons (Fsp3) is 0.348. The highest BCUT2D eigenvalue weighted by molar-refractivity contribution is 6.04. The summed E-state index contributed by atoms with van der Waals surface area (Å²) in [5.74, 6) is 0.470. The molecule has 0 saturated carbocycles. The van der Waals surface area contributed by atoms with Crippen LogP contribution in [0.25, 0.3) is 6.08 Å². The number of hydrogen-bond donors (Lipinski definition) is 1. The van der Waals surface area contributed by atoms with Gasteiger partial charge in [-0.1, -0.05) is 12.1 Å². The zero-order valence-corrected chi connectivity index (χ0v) is 16.9. The van der Waals surface area contributed by atoms with Gasteiger partial charge in [-0.3, -0.25) is 4.79 Å². The van der Waals surface area contributed by atoms with Gasteiger partial charge < -0.3 is 19.7 Å². The molecule has 0 unspecified atom stereocenters. The van der Waals surface area contributed by atoms with E-state index in [0.29, 0.717) is 24.7 Å². The Morgan fingerprint density at radius 1 is 1.10 bits per heavy atom. The molecule has 5 nitrogen and oxygen atoms in total. The van der Waals surface area contributed by atoms with Gasteiger partial charge in [0.1, 0.15) is 11.5 Å². The van der Waals surface area contributed by atoms with Crippen LogP contribution in [0.4, 0.5) is 15.8 Å². The molecule has 1 heterocycles. The summed E-state index contributed by atoms with van der Waals surface area (Å²) in [5, 5.41) is 2.70. The van der Waals surface area contributed by atoms with E-state index in [4.69, 9.17) is 9.47 Å². The molecule has 2 aromatic carbocycles. The Hall–Kier alpha value is -3.02. The Morgan fingerprint density at radius 2 is 1.83 bits per heavy atom. The Balaban J connectivity index is 1.74. The first-order chi connectivity index (χ1) is 14.1. The monoisotopic (exact) mass is 398 g/mol. The van der Waals surface area contributed by atoms with E-state index in [1.54, 1.807) is 12.1 Å². The maximum Gasteiger partial charge on any atom is 0.248 e. The SMILES string of the molecule is CCOc1ccc(/C=C/C(=O)Nc2c(F)cccc2N2CCCC2)cc1OCC. The Kier molecular flexibility index (Phi) is 7.11. The number of anilines is 2. The predicted molar refractivity (Wildman–Crippen MR) is 114 cm³/mol. The molecule has 0 atom stereocenters. The third kappa shape index (κ3) is 5.28. The summed E-state index contributed by atoms with van der Waals surface area (Å²) in [5.41, 5.74) is 1.75. The molecule has 1 aliphatic rings. The van der Waals surface area contributed by atoms with E-state index in [2.05, 4.69) is 10.2 Å². The lowest BCUT2D eigenvalue weighted by Gasteiger charge is -2.21. The standard InChI is InChI=1S/C23H27FN2O3/c1-3-28-20-12-10-17(16-21(20)29-4-2)11-13-22(27)25-23-18(24)8-7-9-19(23)26-14-5-6-15-26/h7-13,16H,3-6,14-15H2,1-2H3,(H,25,27)/b13-11+. The topological polar surface area (TPSA) is 50.8 Å². The van der Waals surface area contributed by atoms with Crippen LogP contribution in [-0.4, -0.2) is 32.2 Å². The molecule has 154 valence electrons. The van der Waals surface area contributed by atoms with Gasteiger partial charge in [0.2, 0.25) is 5.91 Å². The normalized spacial score (nSPS) is 13.7. The van der Waals surface area contributed by atoms with Crippen LogP contribution in [0.1, 0.15) is 32.3 Å². The summed E-state index contributed by atoms with van der Waals surface area (Å²) in [4.78, 5) is 14.5. The van der Waals surface area contributed by atoms with Crippen molar-refractivity contribution >= 4 is 23.4 Å². The molecular weight excluding hydrogens is 371 g/mol. The van der Waals surface area contributed by atoms with Crippen molar-refractivity contribution in [3.63, 3.8) is 0 Å². The Morgan fingerprint density at radius 3 is 2.55 bits per heavy atom. The minimum Gasteiger partial charge on any atom is -0.490 e. The number of carbonyl (C=O) groups is 1. The maximum absolute atomic E-state index is 14.4. The second kappa shape index (κ2) is 9.96. The Labute approximate surface area is 171 Å². The molecule has 29 heavy (non-hydrogen) atoms. The van der Waals surface area contributed by atoms with Crippen LogP contribution in [0.15, 0.2) is 42.5 Å². The van der Waals surface area contributed by atoms with Crippen molar-refractivity contribution in [3.05, 3.63) is 53.9 Å². The molecule has 0 spiro atoms. The maximum atomic E-state index is 14.4. The Bertz CT molecular complexity index is 876. The predicted octanol–water partition coefficient (Wildman–Crippen LogP) is 4.88. The molecule has 0 aromatic heterocycles. The highest BCUT2D eigenvalue weighted by Gasteiger charge is 2.19. The summed E-state index contributed by atoms with van der Waals surface area (Å²) in [7, 11) is 0. The van der Waals surface area contributed by atoms with Crippen molar-refractivity contribution in [1.82, 2.24) is 0 Å². The van der Waals surface area contributed by atoms with Crippen molar-refractivity contribution in [1.29, 1.82) is 0 Å². The smallest absolute Gasteiger partial charge is 0.248 e. The lowest BCUT2D eigenvalue weighted by atomic mass is 10.2. The molecule has 1 amide bonds. The van der Waals surface area contributed by atoms with E-state index < -0.39 is 5.82 Å². The zero-order valence-electron chi connectivity index (χ0n) is 16.9. The van der Waals surface area contributed by atoms with E-state index in [1.807, 2.05) is 38.1 Å².